The Morgan fingerprint density at radius 3 is 1.96 bits per heavy atom. The third-order valence-corrected chi connectivity index (χ3v) is 8.67. The lowest BCUT2D eigenvalue weighted by atomic mass is 10.0. The Morgan fingerprint density at radius 2 is 1.45 bits per heavy atom. The lowest BCUT2D eigenvalue weighted by Crippen LogP contribution is -2.45. The molecule has 2 rings (SSSR count). The van der Waals surface area contributed by atoms with Crippen LogP contribution in [0.2, 0.25) is 0 Å². The van der Waals surface area contributed by atoms with Crippen LogP contribution in [0, 0.1) is 0 Å². The van der Waals surface area contributed by atoms with Gasteiger partial charge in [-0.3, -0.25) is 9.36 Å². The Bertz CT molecular complexity index is 1460. The lowest BCUT2D eigenvalue weighted by molar-refractivity contribution is -0.221. The average molecular weight is 718 g/mol. The number of aliphatic hydroxyl groups is 1. The third kappa shape index (κ3) is 15.9. The summed E-state index contributed by atoms with van der Waals surface area (Å²) in [7, 11) is 0. The number of unbranched alkanes of at least 4 members (excludes halogenated alkanes) is 1. The largest absolute Gasteiger partial charge is 0.394 e. The molecule has 51 heavy (non-hydrogen) atoms. The highest BCUT2D eigenvalue weighted by atomic mass is 19.3. The molecule has 1 aliphatic heterocycles. The van der Waals surface area contributed by atoms with Gasteiger partial charge in [-0.15, -0.1) is 0 Å². The number of carbonyl (C=O) groups excluding carboxylic acids is 1. The van der Waals surface area contributed by atoms with Crippen LogP contribution in [0.25, 0.3) is 0 Å². The molecule has 1 aromatic rings. The summed E-state index contributed by atoms with van der Waals surface area (Å²) >= 11 is 0. The van der Waals surface area contributed by atoms with Crippen LogP contribution in [-0.2, 0) is 19.0 Å². The summed E-state index contributed by atoms with van der Waals surface area (Å²) in [6, 6.07) is 1.26. The van der Waals surface area contributed by atoms with Gasteiger partial charge in [-0.05, 0) is 119 Å². The van der Waals surface area contributed by atoms with Crippen molar-refractivity contribution in [2.75, 3.05) is 18.5 Å². The molecule has 1 aliphatic rings. The number of amides is 1. The number of ether oxygens (including phenoxy) is 3. The molecule has 1 amide bonds. The summed E-state index contributed by atoms with van der Waals surface area (Å²) in [6.45, 7) is 15.5. The molecule has 0 bridgehead atoms. The molecule has 286 valence electrons. The average Bonchev–Trinajstić information content (AvgIpc) is 3.30. The van der Waals surface area contributed by atoms with Crippen molar-refractivity contribution in [3.05, 3.63) is 81.0 Å². The SMILES string of the molecule is CCOC(C)O[C@@H]1[C@@H](CO)O[C@@H](n2ccc(NC(=O)CC/C(C)=C/CC/C(C)=C/CC/C=C(\C)CC/C=C(\C)CCC=C(C)C)nc2=O)C1(F)F. The second-order valence-electron chi connectivity index (χ2n) is 13.7. The number of aliphatic hydroxyl groups excluding tert-OH is 1. The van der Waals surface area contributed by atoms with Crippen LogP contribution >= 0.6 is 0 Å². The molecular weight excluding hydrogens is 656 g/mol. The fourth-order valence-corrected chi connectivity index (χ4v) is 5.69. The minimum atomic E-state index is -3.67. The van der Waals surface area contributed by atoms with Gasteiger partial charge in [-0.1, -0.05) is 58.2 Å². The summed E-state index contributed by atoms with van der Waals surface area (Å²) in [5, 5.41) is 12.2. The summed E-state index contributed by atoms with van der Waals surface area (Å²) in [6.07, 6.45) is 15.3. The van der Waals surface area contributed by atoms with Crippen molar-refractivity contribution in [3.63, 3.8) is 0 Å². The number of halogens is 2. The second-order valence-corrected chi connectivity index (χ2v) is 13.7. The van der Waals surface area contributed by atoms with Crippen molar-refractivity contribution in [2.24, 2.45) is 0 Å². The number of carbonyl (C=O) groups is 1. The molecular formula is C40H61F2N3O6. The molecule has 1 unspecified atom stereocenters. The number of nitrogens with one attached hydrogen (secondary N) is 1. The maximum atomic E-state index is 15.3. The third-order valence-electron chi connectivity index (χ3n) is 8.67. The van der Waals surface area contributed by atoms with Crippen molar-refractivity contribution in [2.45, 2.75) is 150 Å². The number of allylic oxidation sites excluding steroid dienone is 10. The van der Waals surface area contributed by atoms with E-state index >= 15 is 8.78 Å². The summed E-state index contributed by atoms with van der Waals surface area (Å²) in [5.41, 5.74) is 5.66. The van der Waals surface area contributed by atoms with Gasteiger partial charge in [0.05, 0.1) is 6.61 Å². The van der Waals surface area contributed by atoms with Gasteiger partial charge in [0.2, 0.25) is 12.1 Å². The lowest BCUT2D eigenvalue weighted by Gasteiger charge is -2.26. The summed E-state index contributed by atoms with van der Waals surface area (Å²) < 4.78 is 47.0. The van der Waals surface area contributed by atoms with Crippen LogP contribution in [0.5, 0.6) is 0 Å². The first-order valence-corrected chi connectivity index (χ1v) is 18.2. The number of hydrogen-bond donors (Lipinski definition) is 2. The first-order chi connectivity index (χ1) is 24.2. The molecule has 4 atom stereocenters. The highest BCUT2D eigenvalue weighted by molar-refractivity contribution is 5.89. The molecule has 1 fully saturated rings. The Balaban J connectivity index is 1.77. The van der Waals surface area contributed by atoms with E-state index in [0.29, 0.717) is 11.0 Å². The quantitative estimate of drug-likeness (QED) is 0.0699. The molecule has 0 aromatic carbocycles. The van der Waals surface area contributed by atoms with Crippen LogP contribution in [0.1, 0.15) is 126 Å². The molecule has 1 saturated heterocycles. The maximum Gasteiger partial charge on any atom is 0.351 e. The van der Waals surface area contributed by atoms with E-state index in [1.807, 2.05) is 6.92 Å². The molecule has 11 heteroatoms. The number of hydrogen-bond acceptors (Lipinski definition) is 7. The van der Waals surface area contributed by atoms with Crippen LogP contribution in [-0.4, -0.2) is 58.2 Å². The van der Waals surface area contributed by atoms with Crippen LogP contribution in [0.4, 0.5) is 14.6 Å². The summed E-state index contributed by atoms with van der Waals surface area (Å²) in [5.74, 6) is -4.07. The van der Waals surface area contributed by atoms with E-state index in [1.54, 1.807) is 6.92 Å². The topological polar surface area (TPSA) is 112 Å². The predicted molar refractivity (Wildman–Crippen MR) is 200 cm³/mol. The standard InChI is InChI=1S/C40H61F2N3O6/c1-9-49-33(8)50-37-34(27-46)51-38(40(37,41)42)45-26-25-35(44-39(45)48)43-36(47)24-23-32(7)22-14-20-30(5)17-11-10-16-29(4)19-13-21-31(6)18-12-15-28(2)3/h15-17,21-22,25-26,33-34,37-38,46H,9-14,18-20,23-24,27H2,1-8H3,(H,43,44,47,48)/b29-16+,30-17+,31-21+,32-22+/t33?,34-,37-,38-/m1/s1. The van der Waals surface area contributed by atoms with Crippen molar-refractivity contribution in [1.29, 1.82) is 0 Å². The number of aromatic nitrogens is 2. The van der Waals surface area contributed by atoms with E-state index in [1.165, 1.54) is 35.3 Å². The smallest absolute Gasteiger partial charge is 0.351 e. The monoisotopic (exact) mass is 717 g/mol. The molecule has 9 nitrogen and oxygen atoms in total. The molecule has 1 aromatic heterocycles. The maximum absolute atomic E-state index is 15.3. The van der Waals surface area contributed by atoms with Gasteiger partial charge in [0, 0.05) is 19.2 Å². The zero-order valence-electron chi connectivity index (χ0n) is 32.0. The van der Waals surface area contributed by atoms with Crippen molar-refractivity contribution in [1.82, 2.24) is 9.55 Å². The Morgan fingerprint density at radius 1 is 0.922 bits per heavy atom. The van der Waals surface area contributed by atoms with Gasteiger partial charge in [-0.2, -0.15) is 13.8 Å². The molecule has 0 spiro atoms. The fourth-order valence-electron chi connectivity index (χ4n) is 5.69. The molecule has 0 radical (unpaired) electrons. The first-order valence-electron chi connectivity index (χ1n) is 18.2. The van der Waals surface area contributed by atoms with E-state index in [4.69, 9.17) is 14.2 Å². The number of alkyl halides is 2. The fraction of sp³-hybridized carbons (Fsp3) is 0.625. The number of rotatable bonds is 22. The van der Waals surface area contributed by atoms with Crippen molar-refractivity contribution >= 4 is 11.7 Å². The normalized spacial score (nSPS) is 20.4. The van der Waals surface area contributed by atoms with Gasteiger partial charge in [-0.25, -0.2) is 4.79 Å². The van der Waals surface area contributed by atoms with Gasteiger partial charge in [0.1, 0.15) is 11.9 Å². The van der Waals surface area contributed by atoms with Gasteiger partial charge >= 0.3 is 11.6 Å². The van der Waals surface area contributed by atoms with Crippen molar-refractivity contribution in [3.8, 4) is 0 Å². The zero-order chi connectivity index (χ0) is 38.0. The predicted octanol–water partition coefficient (Wildman–Crippen LogP) is 9.13. The summed E-state index contributed by atoms with van der Waals surface area (Å²) in [4.78, 5) is 29.0. The number of anilines is 1. The Kier molecular flexibility index (Phi) is 19.5. The first kappa shape index (κ1) is 43.9. The highest BCUT2D eigenvalue weighted by Gasteiger charge is 2.61. The van der Waals surface area contributed by atoms with E-state index in [-0.39, 0.29) is 24.8 Å². The van der Waals surface area contributed by atoms with E-state index < -0.39 is 42.9 Å². The zero-order valence-corrected chi connectivity index (χ0v) is 32.0. The van der Waals surface area contributed by atoms with E-state index in [0.717, 1.165) is 63.1 Å². The minimum Gasteiger partial charge on any atom is -0.394 e. The molecule has 0 saturated carbocycles. The van der Waals surface area contributed by atoms with Crippen LogP contribution < -0.4 is 11.0 Å². The van der Waals surface area contributed by atoms with Gasteiger partial charge < -0.3 is 24.6 Å². The number of nitrogens with zero attached hydrogens (tertiary/aromatic N) is 2. The van der Waals surface area contributed by atoms with E-state index in [9.17, 15) is 14.7 Å². The second kappa shape index (κ2) is 22.6. The van der Waals surface area contributed by atoms with Crippen LogP contribution in [0.15, 0.2) is 75.3 Å². The van der Waals surface area contributed by atoms with Gasteiger partial charge in [0.25, 0.3) is 0 Å². The van der Waals surface area contributed by atoms with Crippen molar-refractivity contribution < 1.29 is 32.9 Å². The molecule has 2 N–H and O–H groups in total. The Labute approximate surface area is 303 Å². The molecule has 2 heterocycles. The minimum absolute atomic E-state index is 0.0517. The van der Waals surface area contributed by atoms with Gasteiger partial charge in [0.15, 0.2) is 12.4 Å². The highest BCUT2D eigenvalue weighted by Crippen LogP contribution is 2.44. The molecule has 0 aliphatic carbocycles. The van der Waals surface area contributed by atoms with Crippen LogP contribution in [0.3, 0.4) is 0 Å². The Hall–Kier alpha value is -3.25. The van der Waals surface area contributed by atoms with E-state index in [2.05, 4.69) is 75.3 Å².